The molecule has 3 fully saturated rings. The fourth-order valence-corrected chi connectivity index (χ4v) is 5.66. The van der Waals surface area contributed by atoms with Gasteiger partial charge in [-0.2, -0.15) is 0 Å². The maximum Gasteiger partial charge on any atom is 0.238 e. The molecule has 2 aliphatic heterocycles. The molecule has 0 aromatic rings. The molecule has 2 heterocycles. The summed E-state index contributed by atoms with van der Waals surface area (Å²) in [7, 11) is -3.23. The van der Waals surface area contributed by atoms with E-state index in [-0.39, 0.29) is 30.1 Å². The average Bonchev–Trinajstić information content (AvgIpc) is 3.17. The topological polar surface area (TPSA) is 121 Å². The predicted octanol–water partition coefficient (Wildman–Crippen LogP) is -2.45. The summed E-state index contributed by atoms with van der Waals surface area (Å²) < 4.78 is 24.0. The molecule has 0 aromatic heterocycles. The van der Waals surface area contributed by atoms with Gasteiger partial charge in [-0.3, -0.25) is 14.5 Å². The minimum atomic E-state index is -3.23. The molecule has 1 saturated carbocycles. The third-order valence-corrected chi connectivity index (χ3v) is 6.77. The Morgan fingerprint density at radius 2 is 1.82 bits per heavy atom. The number of fused-ring (bicyclic) bond motifs is 1. The van der Waals surface area contributed by atoms with E-state index in [9.17, 15) is 18.0 Å². The number of sulfone groups is 1. The molecular weight excluding hydrogens is 310 g/mol. The number of carbonyl (C=O) groups is 2. The SMILES string of the molecule is NC(=O)C1(C(=O)N2CCN(CCO)[C@@H]3CS(=O)(=O)C[C@@H]32)CC1. The maximum absolute atomic E-state index is 12.7. The molecule has 22 heavy (non-hydrogen) atoms. The van der Waals surface area contributed by atoms with Crippen LogP contribution < -0.4 is 5.73 Å². The van der Waals surface area contributed by atoms with Crippen molar-refractivity contribution in [3.63, 3.8) is 0 Å². The zero-order chi connectivity index (χ0) is 16.1. The molecule has 0 aromatic carbocycles. The first-order valence-electron chi connectivity index (χ1n) is 7.47. The van der Waals surface area contributed by atoms with Gasteiger partial charge in [-0.1, -0.05) is 0 Å². The second-order valence-electron chi connectivity index (χ2n) is 6.42. The zero-order valence-electron chi connectivity index (χ0n) is 12.3. The minimum absolute atomic E-state index is 0.00891. The number of amides is 2. The van der Waals surface area contributed by atoms with Crippen LogP contribution in [0, 0.1) is 5.41 Å². The summed E-state index contributed by atoms with van der Waals surface area (Å²) in [5, 5.41) is 9.12. The van der Waals surface area contributed by atoms with Gasteiger partial charge in [0, 0.05) is 25.7 Å². The van der Waals surface area contributed by atoms with Crippen molar-refractivity contribution in [2.45, 2.75) is 24.9 Å². The molecule has 0 spiro atoms. The lowest BCUT2D eigenvalue weighted by atomic mass is 9.98. The van der Waals surface area contributed by atoms with E-state index in [1.54, 1.807) is 4.90 Å². The molecule has 3 rings (SSSR count). The van der Waals surface area contributed by atoms with Gasteiger partial charge in [-0.05, 0) is 12.8 Å². The van der Waals surface area contributed by atoms with Crippen molar-refractivity contribution < 1.29 is 23.1 Å². The monoisotopic (exact) mass is 331 g/mol. The van der Waals surface area contributed by atoms with Crippen LogP contribution >= 0.6 is 0 Å². The number of nitrogens with two attached hydrogens (primary N) is 1. The van der Waals surface area contributed by atoms with Gasteiger partial charge < -0.3 is 15.7 Å². The number of hydrogen-bond donors (Lipinski definition) is 2. The van der Waals surface area contributed by atoms with Crippen LogP contribution in [-0.2, 0) is 19.4 Å². The molecule has 0 unspecified atom stereocenters. The van der Waals surface area contributed by atoms with Gasteiger partial charge in [0.1, 0.15) is 5.41 Å². The highest BCUT2D eigenvalue weighted by Gasteiger charge is 2.60. The van der Waals surface area contributed by atoms with E-state index >= 15 is 0 Å². The van der Waals surface area contributed by atoms with Crippen LogP contribution in [0.5, 0.6) is 0 Å². The first-order valence-corrected chi connectivity index (χ1v) is 9.29. The van der Waals surface area contributed by atoms with Gasteiger partial charge in [0.05, 0.1) is 24.2 Å². The molecule has 3 aliphatic rings. The Morgan fingerprint density at radius 3 is 2.36 bits per heavy atom. The summed E-state index contributed by atoms with van der Waals surface area (Å²) in [6.45, 7) is 1.20. The molecule has 2 saturated heterocycles. The molecule has 124 valence electrons. The average molecular weight is 331 g/mol. The fourth-order valence-electron chi connectivity index (χ4n) is 3.65. The third kappa shape index (κ3) is 2.40. The Bertz CT molecular complexity index is 601. The van der Waals surface area contributed by atoms with E-state index in [0.717, 1.165) is 0 Å². The second-order valence-corrected chi connectivity index (χ2v) is 8.57. The molecule has 2 amide bonds. The maximum atomic E-state index is 12.7. The highest BCUT2D eigenvalue weighted by atomic mass is 32.2. The van der Waals surface area contributed by atoms with Gasteiger partial charge in [-0.25, -0.2) is 8.42 Å². The molecule has 8 nitrogen and oxygen atoms in total. The number of aliphatic hydroxyl groups is 1. The van der Waals surface area contributed by atoms with Crippen molar-refractivity contribution in [3.05, 3.63) is 0 Å². The van der Waals surface area contributed by atoms with E-state index in [0.29, 0.717) is 32.5 Å². The number of carbonyl (C=O) groups excluding carboxylic acids is 2. The third-order valence-electron chi connectivity index (χ3n) is 5.07. The summed E-state index contributed by atoms with van der Waals surface area (Å²) in [6.07, 6.45) is 0.893. The number of primary amides is 1. The van der Waals surface area contributed by atoms with Crippen LogP contribution in [0.15, 0.2) is 0 Å². The summed E-state index contributed by atoms with van der Waals surface area (Å²) in [5.41, 5.74) is 4.24. The normalized spacial score (nSPS) is 32.5. The Hall–Kier alpha value is -1.19. The predicted molar refractivity (Wildman–Crippen MR) is 77.5 cm³/mol. The number of rotatable bonds is 4. The zero-order valence-corrected chi connectivity index (χ0v) is 13.1. The van der Waals surface area contributed by atoms with Crippen molar-refractivity contribution in [3.8, 4) is 0 Å². The van der Waals surface area contributed by atoms with Crippen molar-refractivity contribution in [2.24, 2.45) is 11.1 Å². The Morgan fingerprint density at radius 1 is 1.18 bits per heavy atom. The van der Waals surface area contributed by atoms with Gasteiger partial charge in [-0.15, -0.1) is 0 Å². The van der Waals surface area contributed by atoms with Gasteiger partial charge >= 0.3 is 0 Å². The summed E-state index contributed by atoms with van der Waals surface area (Å²) in [4.78, 5) is 27.7. The first-order chi connectivity index (χ1) is 10.3. The molecule has 9 heteroatoms. The minimum Gasteiger partial charge on any atom is -0.395 e. The van der Waals surface area contributed by atoms with Crippen LogP contribution in [-0.4, -0.2) is 85.0 Å². The quantitative estimate of drug-likeness (QED) is 0.552. The Kier molecular flexibility index (Phi) is 3.69. The largest absolute Gasteiger partial charge is 0.395 e. The van der Waals surface area contributed by atoms with Crippen molar-refractivity contribution in [1.29, 1.82) is 0 Å². The van der Waals surface area contributed by atoms with Crippen LogP contribution in [0.2, 0.25) is 0 Å². The van der Waals surface area contributed by atoms with Crippen molar-refractivity contribution >= 4 is 21.7 Å². The highest BCUT2D eigenvalue weighted by Crippen LogP contribution is 2.48. The smallest absolute Gasteiger partial charge is 0.238 e. The molecule has 0 bridgehead atoms. The lowest BCUT2D eigenvalue weighted by Crippen LogP contribution is -2.62. The van der Waals surface area contributed by atoms with Gasteiger partial charge in [0.2, 0.25) is 11.8 Å². The van der Waals surface area contributed by atoms with Gasteiger partial charge in [0.15, 0.2) is 9.84 Å². The fraction of sp³-hybridized carbons (Fsp3) is 0.846. The van der Waals surface area contributed by atoms with E-state index < -0.39 is 27.2 Å². The number of aliphatic hydroxyl groups excluding tert-OH is 1. The summed E-state index contributed by atoms with van der Waals surface area (Å²) in [5.74, 6) is -1.03. The van der Waals surface area contributed by atoms with Crippen LogP contribution in [0.3, 0.4) is 0 Å². The molecule has 3 N–H and O–H groups in total. The Balaban J connectivity index is 1.85. The lowest BCUT2D eigenvalue weighted by Gasteiger charge is -2.44. The van der Waals surface area contributed by atoms with Crippen molar-refractivity contribution in [2.75, 3.05) is 37.7 Å². The number of piperazine rings is 1. The van der Waals surface area contributed by atoms with E-state index in [2.05, 4.69) is 0 Å². The van der Waals surface area contributed by atoms with E-state index in [1.807, 2.05) is 4.90 Å². The first kappa shape index (κ1) is 15.7. The highest BCUT2D eigenvalue weighted by molar-refractivity contribution is 7.91. The lowest BCUT2D eigenvalue weighted by molar-refractivity contribution is -0.147. The second kappa shape index (κ2) is 5.17. The Labute approximate surface area is 129 Å². The number of nitrogens with zero attached hydrogens (tertiary/aromatic N) is 2. The van der Waals surface area contributed by atoms with Crippen LogP contribution in [0.25, 0.3) is 0 Å². The molecule has 0 radical (unpaired) electrons. The van der Waals surface area contributed by atoms with Crippen LogP contribution in [0.1, 0.15) is 12.8 Å². The van der Waals surface area contributed by atoms with Crippen molar-refractivity contribution in [1.82, 2.24) is 9.80 Å². The molecule has 2 atom stereocenters. The number of hydrogen-bond acceptors (Lipinski definition) is 6. The summed E-state index contributed by atoms with van der Waals surface area (Å²) in [6, 6.07) is -0.756. The van der Waals surface area contributed by atoms with E-state index in [1.165, 1.54) is 0 Å². The number of β-amino-alcohol motifs (C(OH)–C–C–N with tert-alkyl or cyclic N) is 1. The van der Waals surface area contributed by atoms with Gasteiger partial charge in [0.25, 0.3) is 0 Å². The van der Waals surface area contributed by atoms with Crippen LogP contribution in [0.4, 0.5) is 0 Å². The van der Waals surface area contributed by atoms with E-state index in [4.69, 9.17) is 10.8 Å². The molecule has 1 aliphatic carbocycles. The standard InChI is InChI=1S/C13H21N3O5S/c14-11(18)13(1-2-13)12(19)16-4-3-15(5-6-17)9-7-22(20,21)8-10(9)16/h9-10,17H,1-8H2,(H2,14,18)/t9-,10+/m1/s1. The molecular formula is C13H21N3O5S. The summed E-state index contributed by atoms with van der Waals surface area (Å²) >= 11 is 0.